The number of rotatable bonds is 1. The normalized spacial score (nSPS) is 10.5. The van der Waals surface area contributed by atoms with E-state index in [2.05, 4.69) is 21.0 Å². The van der Waals surface area contributed by atoms with Crippen molar-refractivity contribution in [2.75, 3.05) is 0 Å². The molecule has 76 valence electrons. The summed E-state index contributed by atoms with van der Waals surface area (Å²) in [7, 11) is 0. The van der Waals surface area contributed by atoms with E-state index in [-0.39, 0.29) is 0 Å². The summed E-state index contributed by atoms with van der Waals surface area (Å²) in [6, 6.07) is 10.0. The molecule has 3 nitrogen and oxygen atoms in total. The fraction of sp³-hybridized carbons (Fsp3) is 0. The van der Waals surface area contributed by atoms with Crippen molar-refractivity contribution in [3.05, 3.63) is 55.2 Å². The highest BCUT2D eigenvalue weighted by molar-refractivity contribution is 5.94. The molecule has 0 amide bonds. The van der Waals surface area contributed by atoms with Gasteiger partial charge in [-0.1, -0.05) is 24.3 Å². The Morgan fingerprint density at radius 1 is 0.875 bits per heavy atom. The molecule has 2 aromatic heterocycles. The van der Waals surface area contributed by atoms with E-state index in [9.17, 15) is 0 Å². The average Bonchev–Trinajstić information content (AvgIpc) is 2.39. The van der Waals surface area contributed by atoms with Crippen molar-refractivity contribution in [1.82, 2.24) is 15.0 Å². The van der Waals surface area contributed by atoms with Gasteiger partial charge in [0.15, 0.2) is 0 Å². The zero-order valence-electron chi connectivity index (χ0n) is 8.54. The second-order valence-electron chi connectivity index (χ2n) is 3.50. The summed E-state index contributed by atoms with van der Waals surface area (Å²) in [5, 5.41) is 2.29. The molecular formula is C13H9N3. The summed E-state index contributed by atoms with van der Waals surface area (Å²) in [6.07, 6.45) is 6.99. The van der Waals surface area contributed by atoms with Gasteiger partial charge in [-0.05, 0) is 11.5 Å². The third kappa shape index (κ3) is 1.42. The Bertz CT molecular complexity index is 615. The van der Waals surface area contributed by atoms with E-state index >= 15 is 0 Å². The largest absolute Gasteiger partial charge is 0.263 e. The van der Waals surface area contributed by atoms with Crippen LogP contribution in [-0.2, 0) is 0 Å². The van der Waals surface area contributed by atoms with Gasteiger partial charge in [0.25, 0.3) is 0 Å². The van der Waals surface area contributed by atoms with Gasteiger partial charge in [-0.2, -0.15) is 0 Å². The molecule has 3 aromatic rings. The summed E-state index contributed by atoms with van der Waals surface area (Å²) in [5.74, 6) is 0. The van der Waals surface area contributed by atoms with Crippen LogP contribution < -0.4 is 0 Å². The topological polar surface area (TPSA) is 38.7 Å². The standard InChI is InChI=1S/C13H9N3/c1-2-4-11-10(3-1)7-15-8-12(11)13-5-6-14-9-16-13/h1-9H. The van der Waals surface area contributed by atoms with Crippen LogP contribution in [0, 0.1) is 0 Å². The maximum Gasteiger partial charge on any atom is 0.116 e. The lowest BCUT2D eigenvalue weighted by Crippen LogP contribution is -1.87. The van der Waals surface area contributed by atoms with E-state index in [1.54, 1.807) is 12.5 Å². The van der Waals surface area contributed by atoms with Crippen LogP contribution >= 0.6 is 0 Å². The van der Waals surface area contributed by atoms with E-state index in [1.165, 1.54) is 0 Å². The molecule has 2 heterocycles. The first kappa shape index (κ1) is 8.97. The molecule has 0 atom stereocenters. The molecule has 0 unspecified atom stereocenters. The molecule has 16 heavy (non-hydrogen) atoms. The van der Waals surface area contributed by atoms with Gasteiger partial charge in [-0.15, -0.1) is 0 Å². The van der Waals surface area contributed by atoms with Gasteiger partial charge in [0, 0.05) is 29.5 Å². The number of hydrogen-bond donors (Lipinski definition) is 0. The third-order valence-electron chi connectivity index (χ3n) is 2.53. The van der Waals surface area contributed by atoms with E-state index in [0.29, 0.717) is 0 Å². The van der Waals surface area contributed by atoms with Gasteiger partial charge in [0.1, 0.15) is 6.33 Å². The summed E-state index contributed by atoms with van der Waals surface area (Å²) in [5.41, 5.74) is 1.94. The zero-order chi connectivity index (χ0) is 10.8. The molecule has 0 bridgehead atoms. The Kier molecular flexibility index (Phi) is 2.07. The van der Waals surface area contributed by atoms with Gasteiger partial charge in [0.05, 0.1) is 5.69 Å². The lowest BCUT2D eigenvalue weighted by molar-refractivity contribution is 1.17. The Balaban J connectivity index is 2.32. The maximum atomic E-state index is 4.25. The average molecular weight is 207 g/mol. The van der Waals surface area contributed by atoms with Crippen LogP contribution in [-0.4, -0.2) is 15.0 Å². The predicted octanol–water partition coefficient (Wildman–Crippen LogP) is 2.69. The first-order valence-corrected chi connectivity index (χ1v) is 5.04. The third-order valence-corrected chi connectivity index (χ3v) is 2.53. The fourth-order valence-corrected chi connectivity index (χ4v) is 1.77. The zero-order valence-corrected chi connectivity index (χ0v) is 8.54. The molecule has 3 rings (SSSR count). The van der Waals surface area contributed by atoms with Gasteiger partial charge in [-0.3, -0.25) is 4.98 Å². The summed E-state index contributed by atoms with van der Waals surface area (Å²) in [4.78, 5) is 12.4. The van der Waals surface area contributed by atoms with Crippen molar-refractivity contribution in [1.29, 1.82) is 0 Å². The molecule has 0 spiro atoms. The molecule has 0 N–H and O–H groups in total. The highest BCUT2D eigenvalue weighted by Gasteiger charge is 2.03. The van der Waals surface area contributed by atoms with Gasteiger partial charge < -0.3 is 0 Å². The van der Waals surface area contributed by atoms with Gasteiger partial charge >= 0.3 is 0 Å². The van der Waals surface area contributed by atoms with Crippen molar-refractivity contribution in [2.24, 2.45) is 0 Å². The van der Waals surface area contributed by atoms with E-state index in [0.717, 1.165) is 22.0 Å². The van der Waals surface area contributed by atoms with E-state index in [1.807, 2.05) is 36.7 Å². The predicted molar refractivity (Wildman–Crippen MR) is 62.8 cm³/mol. The lowest BCUT2D eigenvalue weighted by atomic mass is 10.1. The second kappa shape index (κ2) is 3.70. The smallest absolute Gasteiger partial charge is 0.116 e. The minimum atomic E-state index is 0.902. The van der Waals surface area contributed by atoms with Crippen molar-refractivity contribution in [3.8, 4) is 11.3 Å². The molecule has 3 heteroatoms. The molecule has 0 aliphatic rings. The van der Waals surface area contributed by atoms with Crippen LogP contribution in [0.3, 0.4) is 0 Å². The Hall–Kier alpha value is -2.29. The molecule has 0 aliphatic heterocycles. The van der Waals surface area contributed by atoms with Crippen molar-refractivity contribution < 1.29 is 0 Å². The van der Waals surface area contributed by atoms with E-state index in [4.69, 9.17) is 0 Å². The SMILES string of the molecule is c1ccc2c(-c3ccncn3)cncc2c1. The first-order chi connectivity index (χ1) is 7.95. The Morgan fingerprint density at radius 3 is 2.69 bits per heavy atom. The molecule has 0 saturated carbocycles. The minimum absolute atomic E-state index is 0.902. The number of aromatic nitrogens is 3. The highest BCUT2D eigenvalue weighted by Crippen LogP contribution is 2.25. The van der Waals surface area contributed by atoms with Crippen LogP contribution in [0.15, 0.2) is 55.2 Å². The fourth-order valence-electron chi connectivity index (χ4n) is 1.77. The minimum Gasteiger partial charge on any atom is -0.263 e. The molecule has 1 aromatic carbocycles. The lowest BCUT2D eigenvalue weighted by Gasteiger charge is -2.04. The summed E-state index contributed by atoms with van der Waals surface area (Å²) >= 11 is 0. The first-order valence-electron chi connectivity index (χ1n) is 5.04. The molecular weight excluding hydrogens is 198 g/mol. The van der Waals surface area contributed by atoms with Crippen LogP contribution in [0.4, 0.5) is 0 Å². The van der Waals surface area contributed by atoms with Crippen LogP contribution in [0.5, 0.6) is 0 Å². The Morgan fingerprint density at radius 2 is 1.81 bits per heavy atom. The van der Waals surface area contributed by atoms with Crippen molar-refractivity contribution >= 4 is 10.8 Å². The molecule has 0 radical (unpaired) electrons. The molecule has 0 saturated heterocycles. The second-order valence-corrected chi connectivity index (χ2v) is 3.50. The van der Waals surface area contributed by atoms with Gasteiger partial charge in [-0.25, -0.2) is 9.97 Å². The molecule has 0 aliphatic carbocycles. The number of hydrogen-bond acceptors (Lipinski definition) is 3. The van der Waals surface area contributed by atoms with E-state index < -0.39 is 0 Å². The number of pyridine rings is 1. The molecule has 0 fully saturated rings. The maximum absolute atomic E-state index is 4.25. The highest BCUT2D eigenvalue weighted by atomic mass is 14.8. The van der Waals surface area contributed by atoms with Crippen molar-refractivity contribution in [3.63, 3.8) is 0 Å². The summed E-state index contributed by atoms with van der Waals surface area (Å²) < 4.78 is 0. The monoisotopic (exact) mass is 207 g/mol. The Labute approximate surface area is 92.8 Å². The van der Waals surface area contributed by atoms with Crippen LogP contribution in [0.2, 0.25) is 0 Å². The van der Waals surface area contributed by atoms with Crippen LogP contribution in [0.25, 0.3) is 22.0 Å². The van der Waals surface area contributed by atoms with Crippen molar-refractivity contribution in [2.45, 2.75) is 0 Å². The number of benzene rings is 1. The number of fused-ring (bicyclic) bond motifs is 1. The summed E-state index contributed by atoms with van der Waals surface area (Å²) in [6.45, 7) is 0. The van der Waals surface area contributed by atoms with Crippen LogP contribution in [0.1, 0.15) is 0 Å². The van der Waals surface area contributed by atoms with Gasteiger partial charge in [0.2, 0.25) is 0 Å². The number of nitrogens with zero attached hydrogens (tertiary/aromatic N) is 3. The quantitative estimate of drug-likeness (QED) is 0.615.